The SMILES string of the molecule is C=CCN1C(N)=NCC1c1ccc2ncccc2c1. The molecule has 0 amide bonds. The lowest BCUT2D eigenvalue weighted by molar-refractivity contribution is 0.380. The third kappa shape index (κ3) is 2.05. The Morgan fingerprint density at radius 2 is 2.32 bits per heavy atom. The minimum atomic E-state index is 0.197. The molecule has 1 aliphatic rings. The number of hydrogen-bond acceptors (Lipinski definition) is 4. The van der Waals surface area contributed by atoms with Gasteiger partial charge in [0.15, 0.2) is 5.96 Å². The maximum atomic E-state index is 5.92. The maximum Gasteiger partial charge on any atom is 0.192 e. The zero-order valence-electron chi connectivity index (χ0n) is 10.7. The Morgan fingerprint density at radius 1 is 1.42 bits per heavy atom. The van der Waals surface area contributed by atoms with Gasteiger partial charge in [0.2, 0.25) is 0 Å². The monoisotopic (exact) mass is 252 g/mol. The van der Waals surface area contributed by atoms with E-state index in [1.165, 1.54) is 5.56 Å². The summed E-state index contributed by atoms with van der Waals surface area (Å²) in [6.45, 7) is 5.19. The molecule has 2 N–H and O–H groups in total. The van der Waals surface area contributed by atoms with Crippen molar-refractivity contribution in [2.75, 3.05) is 13.1 Å². The van der Waals surface area contributed by atoms with Gasteiger partial charge in [-0.05, 0) is 23.8 Å². The second kappa shape index (κ2) is 4.72. The lowest BCUT2D eigenvalue weighted by Crippen LogP contribution is -2.36. The smallest absolute Gasteiger partial charge is 0.192 e. The van der Waals surface area contributed by atoms with Crippen LogP contribution in [-0.2, 0) is 0 Å². The van der Waals surface area contributed by atoms with Crippen molar-refractivity contribution in [3.63, 3.8) is 0 Å². The van der Waals surface area contributed by atoms with Gasteiger partial charge in [0.25, 0.3) is 0 Å². The number of nitrogens with zero attached hydrogens (tertiary/aromatic N) is 3. The van der Waals surface area contributed by atoms with Gasteiger partial charge in [-0.25, -0.2) is 0 Å². The van der Waals surface area contributed by atoms with Crippen molar-refractivity contribution >= 4 is 16.9 Å². The molecule has 0 bridgehead atoms. The molecule has 0 saturated carbocycles. The van der Waals surface area contributed by atoms with Gasteiger partial charge in [0.1, 0.15) is 0 Å². The van der Waals surface area contributed by atoms with Crippen LogP contribution in [0.1, 0.15) is 11.6 Å². The van der Waals surface area contributed by atoms with Gasteiger partial charge < -0.3 is 10.6 Å². The topological polar surface area (TPSA) is 54.5 Å². The van der Waals surface area contributed by atoms with Gasteiger partial charge in [-0.15, -0.1) is 6.58 Å². The minimum Gasteiger partial charge on any atom is -0.370 e. The summed E-state index contributed by atoms with van der Waals surface area (Å²) in [5.74, 6) is 0.594. The van der Waals surface area contributed by atoms with Crippen molar-refractivity contribution in [2.45, 2.75) is 6.04 Å². The summed E-state index contributed by atoms with van der Waals surface area (Å²) >= 11 is 0. The summed E-state index contributed by atoms with van der Waals surface area (Å²) in [6.07, 6.45) is 3.66. The number of rotatable bonds is 3. The number of aromatic nitrogens is 1. The average molecular weight is 252 g/mol. The van der Waals surface area contributed by atoms with Crippen LogP contribution < -0.4 is 5.73 Å². The first kappa shape index (κ1) is 11.7. The Kier molecular flexibility index (Phi) is 2.91. The van der Waals surface area contributed by atoms with E-state index in [1.54, 1.807) is 0 Å². The Bertz CT molecular complexity index is 647. The molecule has 0 radical (unpaired) electrons. The largest absolute Gasteiger partial charge is 0.370 e. The quantitative estimate of drug-likeness (QED) is 0.851. The minimum absolute atomic E-state index is 0.197. The van der Waals surface area contributed by atoms with Crippen LogP contribution in [0.2, 0.25) is 0 Å². The van der Waals surface area contributed by atoms with Crippen molar-refractivity contribution < 1.29 is 0 Å². The van der Waals surface area contributed by atoms with Crippen molar-refractivity contribution in [3.05, 3.63) is 54.7 Å². The molecule has 0 saturated heterocycles. The number of pyridine rings is 1. The highest BCUT2D eigenvalue weighted by molar-refractivity contribution is 5.82. The number of aliphatic imine (C=N–C) groups is 1. The summed E-state index contributed by atoms with van der Waals surface area (Å²) in [5.41, 5.74) is 8.14. The van der Waals surface area contributed by atoms with Gasteiger partial charge in [-0.1, -0.05) is 18.2 Å². The van der Waals surface area contributed by atoms with Crippen molar-refractivity contribution in [2.24, 2.45) is 10.7 Å². The van der Waals surface area contributed by atoms with Crippen LogP contribution in [-0.4, -0.2) is 28.9 Å². The third-order valence-electron chi connectivity index (χ3n) is 3.43. The number of fused-ring (bicyclic) bond motifs is 1. The summed E-state index contributed by atoms with van der Waals surface area (Å²) < 4.78 is 0. The molecule has 1 aromatic heterocycles. The molecule has 4 nitrogen and oxygen atoms in total. The summed E-state index contributed by atoms with van der Waals surface area (Å²) in [4.78, 5) is 10.7. The van der Waals surface area contributed by atoms with Crippen LogP contribution in [0.15, 0.2) is 54.2 Å². The zero-order valence-corrected chi connectivity index (χ0v) is 10.7. The van der Waals surface area contributed by atoms with E-state index in [-0.39, 0.29) is 6.04 Å². The van der Waals surface area contributed by atoms with E-state index < -0.39 is 0 Å². The molecular weight excluding hydrogens is 236 g/mol. The van der Waals surface area contributed by atoms with Crippen molar-refractivity contribution in [1.82, 2.24) is 9.88 Å². The van der Waals surface area contributed by atoms with E-state index in [9.17, 15) is 0 Å². The Labute approximate surface area is 112 Å². The highest BCUT2D eigenvalue weighted by Gasteiger charge is 2.26. The maximum absolute atomic E-state index is 5.92. The molecule has 1 aromatic carbocycles. The fourth-order valence-corrected chi connectivity index (χ4v) is 2.48. The first-order chi connectivity index (χ1) is 9.29. The predicted molar refractivity (Wildman–Crippen MR) is 77.9 cm³/mol. The molecule has 0 spiro atoms. The Balaban J connectivity index is 1.97. The average Bonchev–Trinajstić information content (AvgIpc) is 2.80. The third-order valence-corrected chi connectivity index (χ3v) is 3.43. The molecule has 0 fully saturated rings. The number of benzene rings is 1. The highest BCUT2D eigenvalue weighted by Crippen LogP contribution is 2.27. The van der Waals surface area contributed by atoms with Gasteiger partial charge in [0, 0.05) is 18.1 Å². The normalized spacial score (nSPS) is 18.6. The van der Waals surface area contributed by atoms with E-state index >= 15 is 0 Å². The number of hydrogen-bond donors (Lipinski definition) is 1. The Hall–Kier alpha value is -2.36. The van der Waals surface area contributed by atoms with Gasteiger partial charge >= 0.3 is 0 Å². The van der Waals surface area contributed by atoms with Crippen LogP contribution >= 0.6 is 0 Å². The fourth-order valence-electron chi connectivity index (χ4n) is 2.48. The van der Waals surface area contributed by atoms with Crippen LogP contribution in [0.25, 0.3) is 10.9 Å². The molecule has 1 atom stereocenters. The van der Waals surface area contributed by atoms with E-state index in [0.717, 1.165) is 10.9 Å². The van der Waals surface area contributed by atoms with E-state index in [4.69, 9.17) is 5.73 Å². The standard InChI is InChI=1S/C15H16N4/c1-2-8-19-14(10-18-15(19)16)12-5-6-13-11(9-12)4-3-7-17-13/h2-7,9,14H,1,8,10H2,(H2,16,18). The van der Waals surface area contributed by atoms with Crippen LogP contribution in [0.3, 0.4) is 0 Å². The summed E-state index contributed by atoms with van der Waals surface area (Å²) in [6, 6.07) is 10.5. The predicted octanol–water partition coefficient (Wildman–Crippen LogP) is 2.09. The molecular formula is C15H16N4. The first-order valence-corrected chi connectivity index (χ1v) is 6.32. The molecule has 2 aromatic rings. The molecule has 4 heteroatoms. The fraction of sp³-hybridized carbons (Fsp3) is 0.200. The van der Waals surface area contributed by atoms with Gasteiger partial charge in [-0.2, -0.15) is 0 Å². The van der Waals surface area contributed by atoms with E-state index in [0.29, 0.717) is 19.0 Å². The van der Waals surface area contributed by atoms with Crippen LogP contribution in [0, 0.1) is 0 Å². The molecule has 0 aliphatic carbocycles. The Morgan fingerprint density at radius 3 is 3.16 bits per heavy atom. The molecule has 2 heterocycles. The van der Waals surface area contributed by atoms with Crippen LogP contribution in [0.5, 0.6) is 0 Å². The summed E-state index contributed by atoms with van der Waals surface area (Å²) in [7, 11) is 0. The first-order valence-electron chi connectivity index (χ1n) is 6.32. The van der Waals surface area contributed by atoms with Crippen LogP contribution in [0.4, 0.5) is 0 Å². The van der Waals surface area contributed by atoms with Crippen molar-refractivity contribution in [3.8, 4) is 0 Å². The summed E-state index contributed by atoms with van der Waals surface area (Å²) in [5, 5.41) is 1.14. The van der Waals surface area contributed by atoms with Gasteiger partial charge in [0.05, 0.1) is 18.1 Å². The number of nitrogens with two attached hydrogens (primary N) is 1. The molecule has 1 unspecified atom stereocenters. The van der Waals surface area contributed by atoms with E-state index in [2.05, 4.69) is 39.7 Å². The highest BCUT2D eigenvalue weighted by atomic mass is 15.3. The molecule has 1 aliphatic heterocycles. The molecule has 19 heavy (non-hydrogen) atoms. The lowest BCUT2D eigenvalue weighted by atomic mass is 10.0. The van der Waals surface area contributed by atoms with Gasteiger partial charge in [-0.3, -0.25) is 9.98 Å². The second-order valence-corrected chi connectivity index (χ2v) is 4.61. The zero-order chi connectivity index (χ0) is 13.2. The molecule has 96 valence electrons. The number of guanidine groups is 1. The van der Waals surface area contributed by atoms with E-state index in [1.807, 2.05) is 24.4 Å². The van der Waals surface area contributed by atoms with Crippen molar-refractivity contribution in [1.29, 1.82) is 0 Å². The molecule has 3 rings (SSSR count). The second-order valence-electron chi connectivity index (χ2n) is 4.61. The lowest BCUT2D eigenvalue weighted by Gasteiger charge is -2.25.